The Morgan fingerprint density at radius 2 is 2.38 bits per heavy atom. The average Bonchev–Trinajstić information content (AvgIpc) is 2.44. The quantitative estimate of drug-likeness (QED) is 0.718. The van der Waals surface area contributed by atoms with Crippen LogP contribution in [0, 0.1) is 0 Å². The summed E-state index contributed by atoms with van der Waals surface area (Å²) in [4.78, 5) is 11.0. The molecule has 3 heteroatoms. The molecule has 1 aliphatic rings. The molecule has 0 radical (unpaired) electrons. The molecule has 3 nitrogen and oxygen atoms in total. The summed E-state index contributed by atoms with van der Waals surface area (Å²) < 4.78 is 0. The third-order valence-electron chi connectivity index (χ3n) is 2.11. The van der Waals surface area contributed by atoms with Gasteiger partial charge in [-0.1, -0.05) is 0 Å². The molecule has 13 heavy (non-hydrogen) atoms. The van der Waals surface area contributed by atoms with E-state index in [1.807, 2.05) is 18.2 Å². The minimum Gasteiger partial charge on any atom is -0.385 e. The number of fused-ring (bicyclic) bond motifs is 1. The number of anilines is 2. The first-order valence-corrected chi connectivity index (χ1v) is 4.46. The first-order chi connectivity index (χ1) is 6.29. The summed E-state index contributed by atoms with van der Waals surface area (Å²) in [6.07, 6.45) is 0.508. The Morgan fingerprint density at radius 1 is 1.54 bits per heavy atom. The molecule has 1 aliphatic heterocycles. The Bertz CT molecular complexity index is 347. The summed E-state index contributed by atoms with van der Waals surface area (Å²) in [5.74, 6) is 0.0867. The zero-order chi connectivity index (χ0) is 9.26. The van der Waals surface area contributed by atoms with Crippen LogP contribution in [0.25, 0.3) is 0 Å². The molecule has 0 aromatic heterocycles. The topological polar surface area (TPSA) is 41.1 Å². The fraction of sp³-hybridized carbons (Fsp3) is 0.300. The lowest BCUT2D eigenvalue weighted by atomic mass is 10.1. The number of hydrogen-bond donors (Lipinski definition) is 2. The predicted molar refractivity (Wildman–Crippen MR) is 52.9 cm³/mol. The van der Waals surface area contributed by atoms with E-state index in [1.165, 1.54) is 0 Å². The molecule has 0 saturated heterocycles. The number of hydrogen-bond acceptors (Lipinski definition) is 2. The minimum atomic E-state index is 0.0867. The number of rotatable bonds is 2. The smallest absolute Gasteiger partial charge is 0.228 e. The van der Waals surface area contributed by atoms with Gasteiger partial charge >= 0.3 is 0 Å². The molecule has 1 amide bonds. The second-order valence-electron chi connectivity index (χ2n) is 3.13. The van der Waals surface area contributed by atoms with E-state index >= 15 is 0 Å². The van der Waals surface area contributed by atoms with E-state index in [2.05, 4.69) is 17.6 Å². The van der Waals surface area contributed by atoms with Crippen LogP contribution in [0.2, 0.25) is 0 Å². The predicted octanol–water partition coefficient (Wildman–Crippen LogP) is 1.61. The van der Waals surface area contributed by atoms with Gasteiger partial charge < -0.3 is 10.6 Å². The molecular weight excluding hydrogens is 164 g/mol. The fourth-order valence-corrected chi connectivity index (χ4v) is 1.54. The second kappa shape index (κ2) is 3.09. The van der Waals surface area contributed by atoms with E-state index in [-0.39, 0.29) is 5.91 Å². The van der Waals surface area contributed by atoms with Crippen LogP contribution in [0.4, 0.5) is 11.4 Å². The van der Waals surface area contributed by atoms with Crippen molar-refractivity contribution in [2.45, 2.75) is 13.3 Å². The van der Waals surface area contributed by atoms with Crippen molar-refractivity contribution in [2.75, 3.05) is 17.2 Å². The number of benzene rings is 1. The van der Waals surface area contributed by atoms with Gasteiger partial charge in [0, 0.05) is 17.9 Å². The highest BCUT2D eigenvalue weighted by Gasteiger charge is 2.16. The van der Waals surface area contributed by atoms with Crippen LogP contribution in [0.5, 0.6) is 0 Å². The molecule has 1 heterocycles. The van der Waals surface area contributed by atoms with Crippen molar-refractivity contribution in [2.24, 2.45) is 0 Å². The van der Waals surface area contributed by atoms with Crippen molar-refractivity contribution < 1.29 is 4.79 Å². The van der Waals surface area contributed by atoms with Gasteiger partial charge in [0.1, 0.15) is 0 Å². The summed E-state index contributed by atoms with van der Waals surface area (Å²) in [5, 5.41) is 6.01. The van der Waals surface area contributed by atoms with Gasteiger partial charge in [0.15, 0.2) is 0 Å². The van der Waals surface area contributed by atoms with E-state index < -0.39 is 0 Å². The third-order valence-corrected chi connectivity index (χ3v) is 2.11. The zero-order valence-electron chi connectivity index (χ0n) is 7.55. The summed E-state index contributed by atoms with van der Waals surface area (Å²) in [6.45, 7) is 2.96. The third kappa shape index (κ3) is 1.49. The maximum absolute atomic E-state index is 11.0. The van der Waals surface area contributed by atoms with Crippen molar-refractivity contribution in [3.05, 3.63) is 23.8 Å². The van der Waals surface area contributed by atoms with E-state index in [4.69, 9.17) is 0 Å². The van der Waals surface area contributed by atoms with Crippen molar-refractivity contribution in [3.63, 3.8) is 0 Å². The molecule has 0 unspecified atom stereocenters. The van der Waals surface area contributed by atoms with Crippen molar-refractivity contribution in [1.82, 2.24) is 0 Å². The van der Waals surface area contributed by atoms with Gasteiger partial charge in [-0.2, -0.15) is 0 Å². The van der Waals surface area contributed by atoms with E-state index in [0.717, 1.165) is 23.5 Å². The van der Waals surface area contributed by atoms with Gasteiger partial charge in [0.05, 0.1) is 6.42 Å². The molecule has 0 fully saturated rings. The standard InChI is InChI=1S/C10H12N2O/c1-2-11-8-3-4-9-7(5-8)6-10(13)12-9/h3-5,11H,2,6H2,1H3,(H,12,13). The van der Waals surface area contributed by atoms with Gasteiger partial charge in [-0.05, 0) is 30.7 Å². The maximum atomic E-state index is 11.0. The Kier molecular flexibility index (Phi) is 1.93. The number of amides is 1. The molecule has 0 saturated carbocycles. The zero-order valence-corrected chi connectivity index (χ0v) is 7.55. The SMILES string of the molecule is CCNc1ccc2c(c1)CC(=O)N2. The molecule has 0 atom stereocenters. The molecule has 1 aromatic rings. The van der Waals surface area contributed by atoms with Crippen LogP contribution in [0.1, 0.15) is 12.5 Å². The van der Waals surface area contributed by atoms with Crippen molar-refractivity contribution in [1.29, 1.82) is 0 Å². The van der Waals surface area contributed by atoms with Crippen LogP contribution in [0.3, 0.4) is 0 Å². The molecule has 2 rings (SSSR count). The highest BCUT2D eigenvalue weighted by molar-refractivity contribution is 5.99. The number of carbonyl (C=O) groups is 1. The first kappa shape index (κ1) is 8.10. The van der Waals surface area contributed by atoms with Gasteiger partial charge in [-0.25, -0.2) is 0 Å². The highest BCUT2D eigenvalue weighted by atomic mass is 16.1. The average molecular weight is 176 g/mol. The van der Waals surface area contributed by atoms with Gasteiger partial charge in [0.25, 0.3) is 0 Å². The summed E-state index contributed by atoms with van der Waals surface area (Å²) in [7, 11) is 0. The maximum Gasteiger partial charge on any atom is 0.228 e. The molecule has 1 aromatic carbocycles. The van der Waals surface area contributed by atoms with E-state index in [9.17, 15) is 4.79 Å². The van der Waals surface area contributed by atoms with Crippen LogP contribution in [-0.4, -0.2) is 12.5 Å². The van der Waals surface area contributed by atoms with Crippen molar-refractivity contribution >= 4 is 17.3 Å². The molecule has 2 N–H and O–H groups in total. The van der Waals surface area contributed by atoms with Crippen LogP contribution >= 0.6 is 0 Å². The van der Waals surface area contributed by atoms with Gasteiger partial charge in [-0.15, -0.1) is 0 Å². The largest absolute Gasteiger partial charge is 0.385 e. The van der Waals surface area contributed by atoms with E-state index in [0.29, 0.717) is 6.42 Å². The first-order valence-electron chi connectivity index (χ1n) is 4.46. The second-order valence-corrected chi connectivity index (χ2v) is 3.13. The molecule has 0 aliphatic carbocycles. The number of carbonyl (C=O) groups excluding carboxylic acids is 1. The Morgan fingerprint density at radius 3 is 3.15 bits per heavy atom. The van der Waals surface area contributed by atoms with Gasteiger partial charge in [0.2, 0.25) is 5.91 Å². The minimum absolute atomic E-state index is 0.0867. The lowest BCUT2D eigenvalue weighted by Gasteiger charge is -2.04. The van der Waals surface area contributed by atoms with Crippen LogP contribution in [0.15, 0.2) is 18.2 Å². The molecule has 68 valence electrons. The summed E-state index contributed by atoms with van der Waals surface area (Å²) in [5.41, 5.74) is 3.12. The van der Waals surface area contributed by atoms with Gasteiger partial charge in [-0.3, -0.25) is 4.79 Å². The van der Waals surface area contributed by atoms with Crippen LogP contribution in [-0.2, 0) is 11.2 Å². The lowest BCUT2D eigenvalue weighted by molar-refractivity contribution is -0.115. The number of nitrogens with one attached hydrogen (secondary N) is 2. The monoisotopic (exact) mass is 176 g/mol. The van der Waals surface area contributed by atoms with E-state index in [1.54, 1.807) is 0 Å². The molecule has 0 bridgehead atoms. The van der Waals surface area contributed by atoms with Crippen LogP contribution < -0.4 is 10.6 Å². The van der Waals surface area contributed by atoms with Crippen molar-refractivity contribution in [3.8, 4) is 0 Å². The molecule has 0 spiro atoms. The summed E-state index contributed by atoms with van der Waals surface area (Å²) in [6, 6.07) is 5.95. The lowest BCUT2D eigenvalue weighted by Crippen LogP contribution is -2.03. The molecular formula is C10H12N2O. The highest BCUT2D eigenvalue weighted by Crippen LogP contribution is 2.25. The summed E-state index contributed by atoms with van der Waals surface area (Å²) >= 11 is 0. The Hall–Kier alpha value is -1.51. The Labute approximate surface area is 77.1 Å². The normalized spacial score (nSPS) is 13.8. The Balaban J connectivity index is 2.29. The fourth-order valence-electron chi connectivity index (χ4n) is 1.54.